The fraction of sp³-hybridized carbons (Fsp3) is 0.400. The van der Waals surface area contributed by atoms with Crippen molar-refractivity contribution in [3.63, 3.8) is 0 Å². The van der Waals surface area contributed by atoms with E-state index < -0.39 is 0 Å². The zero-order valence-corrected chi connectivity index (χ0v) is 9.21. The number of pyridine rings is 1. The minimum absolute atomic E-state index is 0.0353. The molecular formula is C10H12ClN3. The number of fused-ring (bicyclic) bond motifs is 1. The van der Waals surface area contributed by atoms with Crippen molar-refractivity contribution in [1.82, 2.24) is 14.8 Å². The van der Waals surface area contributed by atoms with Gasteiger partial charge in [-0.05, 0) is 26.8 Å². The summed E-state index contributed by atoms with van der Waals surface area (Å²) in [6.45, 7) is 6.31. The third kappa shape index (κ3) is 1.38. The minimum atomic E-state index is -0.0353. The van der Waals surface area contributed by atoms with E-state index in [1.54, 1.807) is 12.4 Å². The summed E-state index contributed by atoms with van der Waals surface area (Å²) in [7, 11) is 0. The van der Waals surface area contributed by atoms with E-state index in [2.05, 4.69) is 30.9 Å². The van der Waals surface area contributed by atoms with Crippen molar-refractivity contribution in [3.05, 3.63) is 23.6 Å². The van der Waals surface area contributed by atoms with Crippen molar-refractivity contribution < 1.29 is 0 Å². The highest BCUT2D eigenvalue weighted by atomic mass is 35.5. The van der Waals surface area contributed by atoms with Crippen LogP contribution in [0.4, 0.5) is 0 Å². The summed E-state index contributed by atoms with van der Waals surface area (Å²) in [6, 6.07) is 1.93. The fourth-order valence-electron chi connectivity index (χ4n) is 1.45. The van der Waals surface area contributed by atoms with E-state index in [1.807, 2.05) is 10.7 Å². The molecule has 2 aromatic rings. The molecule has 0 fully saturated rings. The van der Waals surface area contributed by atoms with E-state index in [0.717, 1.165) is 10.9 Å². The molecule has 0 amide bonds. The molecule has 0 aliphatic carbocycles. The zero-order chi connectivity index (χ0) is 10.3. The van der Waals surface area contributed by atoms with E-state index in [9.17, 15) is 0 Å². The third-order valence-corrected chi connectivity index (χ3v) is 2.39. The topological polar surface area (TPSA) is 30.7 Å². The van der Waals surface area contributed by atoms with Crippen LogP contribution in [0.5, 0.6) is 0 Å². The molecule has 0 aliphatic heterocycles. The molecule has 14 heavy (non-hydrogen) atoms. The standard InChI is InChI=1S/C10H12ClN3/c1-10(2,3)14-8-4-5-12-9(11)7(8)6-13-14/h4-6H,1-3H3. The van der Waals surface area contributed by atoms with Gasteiger partial charge in [-0.3, -0.25) is 4.68 Å². The predicted molar refractivity (Wildman–Crippen MR) is 57.5 cm³/mol. The molecular weight excluding hydrogens is 198 g/mol. The molecule has 0 aliphatic rings. The second-order valence-corrected chi connectivity index (χ2v) is 4.62. The molecule has 0 aromatic carbocycles. The van der Waals surface area contributed by atoms with Crippen LogP contribution in [0.15, 0.2) is 18.5 Å². The van der Waals surface area contributed by atoms with Crippen molar-refractivity contribution in [3.8, 4) is 0 Å². The first-order valence-corrected chi connectivity index (χ1v) is 4.86. The first-order chi connectivity index (χ1) is 6.50. The largest absolute Gasteiger partial charge is 0.259 e. The van der Waals surface area contributed by atoms with Crippen molar-refractivity contribution in [1.29, 1.82) is 0 Å². The van der Waals surface area contributed by atoms with Gasteiger partial charge in [-0.25, -0.2) is 4.98 Å². The molecule has 0 radical (unpaired) electrons. The second-order valence-electron chi connectivity index (χ2n) is 4.26. The van der Waals surface area contributed by atoms with E-state index >= 15 is 0 Å². The van der Waals surface area contributed by atoms with Gasteiger partial charge in [0.1, 0.15) is 5.15 Å². The summed E-state index contributed by atoms with van der Waals surface area (Å²) < 4.78 is 1.95. The highest BCUT2D eigenvalue weighted by Gasteiger charge is 2.17. The van der Waals surface area contributed by atoms with E-state index in [0.29, 0.717) is 5.15 Å². The molecule has 0 N–H and O–H groups in total. The first kappa shape index (κ1) is 9.46. The summed E-state index contributed by atoms with van der Waals surface area (Å²) in [5.74, 6) is 0. The van der Waals surface area contributed by atoms with Gasteiger partial charge in [-0.2, -0.15) is 5.10 Å². The van der Waals surface area contributed by atoms with Crippen molar-refractivity contribution in [2.24, 2.45) is 0 Å². The lowest BCUT2D eigenvalue weighted by atomic mass is 10.1. The Kier molecular flexibility index (Phi) is 2.00. The first-order valence-electron chi connectivity index (χ1n) is 4.49. The molecule has 0 saturated carbocycles. The molecule has 0 unspecified atom stereocenters. The fourth-order valence-corrected chi connectivity index (χ4v) is 1.66. The Balaban J connectivity index is 2.76. The zero-order valence-electron chi connectivity index (χ0n) is 8.45. The number of rotatable bonds is 0. The molecule has 74 valence electrons. The van der Waals surface area contributed by atoms with E-state index in [4.69, 9.17) is 11.6 Å². The summed E-state index contributed by atoms with van der Waals surface area (Å²) in [5, 5.41) is 5.74. The number of aromatic nitrogens is 3. The molecule has 2 heterocycles. The number of halogens is 1. The van der Waals surface area contributed by atoms with Crippen LogP contribution in [0, 0.1) is 0 Å². The Bertz CT molecular complexity index is 468. The highest BCUT2D eigenvalue weighted by Crippen LogP contribution is 2.24. The van der Waals surface area contributed by atoms with Crippen LogP contribution in [0.3, 0.4) is 0 Å². The monoisotopic (exact) mass is 209 g/mol. The summed E-state index contributed by atoms with van der Waals surface area (Å²) in [4.78, 5) is 4.01. The maximum atomic E-state index is 5.96. The Morgan fingerprint density at radius 2 is 2.07 bits per heavy atom. The smallest absolute Gasteiger partial charge is 0.139 e. The average Bonchev–Trinajstić information content (AvgIpc) is 2.47. The Labute approximate surface area is 87.7 Å². The third-order valence-electron chi connectivity index (χ3n) is 2.08. The number of hydrogen-bond donors (Lipinski definition) is 0. The molecule has 4 heteroatoms. The molecule has 3 nitrogen and oxygen atoms in total. The molecule has 0 saturated heterocycles. The van der Waals surface area contributed by atoms with E-state index in [-0.39, 0.29) is 5.54 Å². The molecule has 2 aromatic heterocycles. The average molecular weight is 210 g/mol. The van der Waals surface area contributed by atoms with Crippen LogP contribution in [0.1, 0.15) is 20.8 Å². The minimum Gasteiger partial charge on any atom is -0.259 e. The van der Waals surface area contributed by atoms with Crippen molar-refractivity contribution in [2.75, 3.05) is 0 Å². The van der Waals surface area contributed by atoms with Gasteiger partial charge in [0.05, 0.1) is 22.6 Å². The van der Waals surface area contributed by atoms with Crippen molar-refractivity contribution in [2.45, 2.75) is 26.3 Å². The van der Waals surface area contributed by atoms with Gasteiger partial charge < -0.3 is 0 Å². The predicted octanol–water partition coefficient (Wildman–Crippen LogP) is 2.84. The normalized spacial score (nSPS) is 12.3. The van der Waals surface area contributed by atoms with Gasteiger partial charge in [0.25, 0.3) is 0 Å². The van der Waals surface area contributed by atoms with Crippen LogP contribution in [0.2, 0.25) is 5.15 Å². The highest BCUT2D eigenvalue weighted by molar-refractivity contribution is 6.34. The molecule has 0 atom stereocenters. The maximum absolute atomic E-state index is 5.96. The van der Waals surface area contributed by atoms with Crippen LogP contribution < -0.4 is 0 Å². The summed E-state index contributed by atoms with van der Waals surface area (Å²) in [5.41, 5.74) is 0.990. The van der Waals surface area contributed by atoms with Gasteiger partial charge in [0.2, 0.25) is 0 Å². The van der Waals surface area contributed by atoms with Gasteiger partial charge in [-0.15, -0.1) is 0 Å². The van der Waals surface area contributed by atoms with Gasteiger partial charge >= 0.3 is 0 Å². The SMILES string of the molecule is CC(C)(C)n1ncc2c(Cl)nccc21. The number of hydrogen-bond acceptors (Lipinski definition) is 2. The number of nitrogens with zero attached hydrogens (tertiary/aromatic N) is 3. The van der Waals surface area contributed by atoms with Gasteiger partial charge in [-0.1, -0.05) is 11.6 Å². The Morgan fingerprint density at radius 1 is 1.36 bits per heavy atom. The quantitative estimate of drug-likeness (QED) is 0.625. The van der Waals surface area contributed by atoms with Crippen LogP contribution in [-0.2, 0) is 5.54 Å². The van der Waals surface area contributed by atoms with Crippen LogP contribution >= 0.6 is 11.6 Å². The molecule has 0 spiro atoms. The van der Waals surface area contributed by atoms with Crippen LogP contribution in [0.25, 0.3) is 10.9 Å². The molecule has 2 rings (SSSR count). The molecule has 0 bridgehead atoms. The second kappa shape index (κ2) is 2.95. The lowest BCUT2D eigenvalue weighted by Crippen LogP contribution is -2.22. The Hall–Kier alpha value is -1.09. The Morgan fingerprint density at radius 3 is 2.71 bits per heavy atom. The van der Waals surface area contributed by atoms with Gasteiger partial charge in [0.15, 0.2) is 0 Å². The summed E-state index contributed by atoms with van der Waals surface area (Å²) >= 11 is 5.96. The van der Waals surface area contributed by atoms with Crippen LogP contribution in [-0.4, -0.2) is 14.8 Å². The maximum Gasteiger partial charge on any atom is 0.139 e. The van der Waals surface area contributed by atoms with Crippen molar-refractivity contribution >= 4 is 22.5 Å². The van der Waals surface area contributed by atoms with E-state index in [1.165, 1.54) is 0 Å². The van der Waals surface area contributed by atoms with Gasteiger partial charge in [0, 0.05) is 6.20 Å². The summed E-state index contributed by atoms with van der Waals surface area (Å²) in [6.07, 6.45) is 3.46. The lowest BCUT2D eigenvalue weighted by Gasteiger charge is -2.20. The lowest BCUT2D eigenvalue weighted by molar-refractivity contribution is 0.368.